The number of nitrogens with zero attached hydrogens (tertiary/aromatic N) is 1. The van der Waals surface area contributed by atoms with E-state index in [2.05, 4.69) is 27.8 Å². The lowest BCUT2D eigenvalue weighted by Crippen LogP contribution is -2.41. The van der Waals surface area contributed by atoms with Crippen LogP contribution in [0.15, 0.2) is 24.3 Å². The van der Waals surface area contributed by atoms with Gasteiger partial charge in [-0.25, -0.2) is 0 Å². The van der Waals surface area contributed by atoms with E-state index in [-0.39, 0.29) is 24.2 Å². The van der Waals surface area contributed by atoms with Gasteiger partial charge in [0.05, 0.1) is 6.54 Å². The van der Waals surface area contributed by atoms with Crippen molar-refractivity contribution in [3.8, 4) is 0 Å². The average Bonchev–Trinajstić information content (AvgIpc) is 2.56. The van der Waals surface area contributed by atoms with Crippen molar-refractivity contribution in [3.05, 3.63) is 24.3 Å². The summed E-state index contributed by atoms with van der Waals surface area (Å²) in [6.07, 6.45) is 2.45. The zero-order valence-electron chi connectivity index (χ0n) is 15.0. The third-order valence-electron chi connectivity index (χ3n) is 4.22. The van der Waals surface area contributed by atoms with Crippen LogP contribution in [0.3, 0.4) is 0 Å². The number of piperidine rings is 1. The summed E-state index contributed by atoms with van der Waals surface area (Å²) in [7, 11) is 0. The Balaban J connectivity index is 0.00000312. The first kappa shape index (κ1) is 21.4. The Labute approximate surface area is 156 Å². The van der Waals surface area contributed by atoms with Crippen molar-refractivity contribution in [2.45, 2.75) is 26.7 Å². The smallest absolute Gasteiger partial charge is 0.238 e. The topological polar surface area (TPSA) is 73.5 Å². The molecule has 1 unspecified atom stereocenters. The molecule has 25 heavy (non-hydrogen) atoms. The molecular weight excluding hydrogens is 340 g/mol. The summed E-state index contributed by atoms with van der Waals surface area (Å²) in [5.74, 6) is 0.513. The second-order valence-corrected chi connectivity index (χ2v) is 6.35. The predicted molar refractivity (Wildman–Crippen MR) is 104 cm³/mol. The quantitative estimate of drug-likeness (QED) is 0.690. The maximum Gasteiger partial charge on any atom is 0.238 e. The molecule has 1 aliphatic rings. The zero-order valence-corrected chi connectivity index (χ0v) is 15.8. The highest BCUT2D eigenvalue weighted by atomic mass is 35.5. The van der Waals surface area contributed by atoms with Crippen LogP contribution in [0, 0.1) is 5.92 Å². The Hall–Kier alpha value is -1.63. The molecule has 1 heterocycles. The molecule has 7 heteroatoms. The number of amides is 2. The van der Waals surface area contributed by atoms with Crippen LogP contribution in [0.1, 0.15) is 26.7 Å². The first-order valence-corrected chi connectivity index (χ1v) is 8.67. The summed E-state index contributed by atoms with van der Waals surface area (Å²) in [5.41, 5.74) is 1.46. The fourth-order valence-corrected chi connectivity index (χ4v) is 2.99. The summed E-state index contributed by atoms with van der Waals surface area (Å²) in [6.45, 7) is 7.94. The number of halogens is 1. The van der Waals surface area contributed by atoms with Gasteiger partial charge in [0.15, 0.2) is 0 Å². The lowest BCUT2D eigenvalue weighted by molar-refractivity contribution is -0.117. The van der Waals surface area contributed by atoms with Crippen LogP contribution in [0.4, 0.5) is 11.4 Å². The number of carbonyl (C=O) groups excluding carboxylic acids is 2. The summed E-state index contributed by atoms with van der Waals surface area (Å²) in [5, 5.41) is 9.04. The molecule has 0 radical (unpaired) electrons. The highest BCUT2D eigenvalue weighted by Crippen LogP contribution is 2.14. The molecule has 0 aliphatic carbocycles. The molecule has 1 saturated heterocycles. The lowest BCUT2D eigenvalue weighted by atomic mass is 9.99. The van der Waals surface area contributed by atoms with E-state index in [9.17, 15) is 9.59 Å². The number of benzene rings is 1. The van der Waals surface area contributed by atoms with E-state index >= 15 is 0 Å². The van der Waals surface area contributed by atoms with E-state index in [0.29, 0.717) is 12.5 Å². The van der Waals surface area contributed by atoms with Crippen LogP contribution >= 0.6 is 12.4 Å². The third-order valence-corrected chi connectivity index (χ3v) is 4.22. The SMILES string of the molecule is CCN(CC(=O)Nc1ccc(NC(C)=O)cc1)CC1CCCNC1.Cl. The lowest BCUT2D eigenvalue weighted by Gasteiger charge is -2.29. The molecule has 0 saturated carbocycles. The Morgan fingerprint density at radius 1 is 1.20 bits per heavy atom. The highest BCUT2D eigenvalue weighted by molar-refractivity contribution is 5.93. The molecule has 0 aromatic heterocycles. The van der Waals surface area contributed by atoms with Crippen molar-refractivity contribution in [1.29, 1.82) is 0 Å². The zero-order chi connectivity index (χ0) is 17.4. The maximum atomic E-state index is 12.2. The van der Waals surface area contributed by atoms with Crippen LogP contribution in [0.2, 0.25) is 0 Å². The number of rotatable bonds is 7. The second kappa shape index (κ2) is 11.1. The van der Waals surface area contributed by atoms with Crippen LogP contribution in [0.5, 0.6) is 0 Å². The molecule has 0 spiro atoms. The Morgan fingerprint density at radius 3 is 2.36 bits per heavy atom. The Kier molecular flexibility index (Phi) is 9.49. The summed E-state index contributed by atoms with van der Waals surface area (Å²) >= 11 is 0. The summed E-state index contributed by atoms with van der Waals surface area (Å²) in [6, 6.07) is 7.15. The second-order valence-electron chi connectivity index (χ2n) is 6.35. The van der Waals surface area contributed by atoms with Crippen molar-refractivity contribution in [2.24, 2.45) is 5.92 Å². The van der Waals surface area contributed by atoms with Crippen LogP contribution in [0.25, 0.3) is 0 Å². The molecule has 2 rings (SSSR count). The minimum absolute atomic E-state index is 0. The van der Waals surface area contributed by atoms with E-state index in [0.717, 1.165) is 37.6 Å². The van der Waals surface area contributed by atoms with E-state index in [1.54, 1.807) is 24.3 Å². The van der Waals surface area contributed by atoms with Crippen molar-refractivity contribution in [3.63, 3.8) is 0 Å². The monoisotopic (exact) mass is 368 g/mol. The Morgan fingerprint density at radius 2 is 1.84 bits per heavy atom. The number of carbonyl (C=O) groups is 2. The number of anilines is 2. The first-order chi connectivity index (χ1) is 11.6. The van der Waals surface area contributed by atoms with Gasteiger partial charge in [0, 0.05) is 24.8 Å². The largest absolute Gasteiger partial charge is 0.326 e. The highest BCUT2D eigenvalue weighted by Gasteiger charge is 2.18. The van der Waals surface area contributed by atoms with E-state index in [4.69, 9.17) is 0 Å². The van der Waals surface area contributed by atoms with Crippen LogP contribution in [-0.2, 0) is 9.59 Å². The number of hydrogen-bond acceptors (Lipinski definition) is 4. The number of nitrogens with one attached hydrogen (secondary N) is 3. The van der Waals surface area contributed by atoms with E-state index in [1.165, 1.54) is 19.8 Å². The fraction of sp³-hybridized carbons (Fsp3) is 0.556. The van der Waals surface area contributed by atoms with Crippen molar-refractivity contribution < 1.29 is 9.59 Å². The molecule has 0 bridgehead atoms. The van der Waals surface area contributed by atoms with Crippen molar-refractivity contribution in [2.75, 3.05) is 43.4 Å². The van der Waals surface area contributed by atoms with Crippen molar-refractivity contribution in [1.82, 2.24) is 10.2 Å². The fourth-order valence-electron chi connectivity index (χ4n) is 2.99. The minimum atomic E-state index is -0.109. The predicted octanol–water partition coefficient (Wildman–Crippen LogP) is 2.33. The molecule has 6 nitrogen and oxygen atoms in total. The van der Waals surface area contributed by atoms with Gasteiger partial charge in [0.25, 0.3) is 0 Å². The number of likely N-dealkylation sites (N-methyl/N-ethyl adjacent to an activating group) is 1. The normalized spacial score (nSPS) is 16.8. The maximum absolute atomic E-state index is 12.2. The summed E-state index contributed by atoms with van der Waals surface area (Å²) < 4.78 is 0. The molecule has 140 valence electrons. The van der Waals surface area contributed by atoms with Gasteiger partial charge in [0.2, 0.25) is 11.8 Å². The molecule has 1 atom stereocenters. The summed E-state index contributed by atoms with van der Waals surface area (Å²) in [4.78, 5) is 25.4. The van der Waals surface area contributed by atoms with Crippen LogP contribution < -0.4 is 16.0 Å². The van der Waals surface area contributed by atoms with E-state index < -0.39 is 0 Å². The minimum Gasteiger partial charge on any atom is -0.326 e. The molecule has 1 aliphatic heterocycles. The molecule has 1 aromatic carbocycles. The van der Waals surface area contributed by atoms with Gasteiger partial charge in [-0.3, -0.25) is 14.5 Å². The average molecular weight is 369 g/mol. The van der Waals surface area contributed by atoms with E-state index in [1.807, 2.05) is 0 Å². The number of hydrogen-bond donors (Lipinski definition) is 3. The van der Waals surface area contributed by atoms with Gasteiger partial charge in [-0.1, -0.05) is 6.92 Å². The standard InChI is InChI=1S/C18H28N4O2.ClH/c1-3-22(12-15-5-4-10-19-11-15)13-18(24)21-17-8-6-16(7-9-17)20-14(2)23;/h6-9,15,19H,3-5,10-13H2,1-2H3,(H,20,23)(H,21,24);1H. The van der Waals surface area contributed by atoms with Gasteiger partial charge >= 0.3 is 0 Å². The van der Waals surface area contributed by atoms with Gasteiger partial charge in [0.1, 0.15) is 0 Å². The third kappa shape index (κ3) is 7.86. The molecule has 2 amide bonds. The Bertz CT molecular complexity index is 545. The van der Waals surface area contributed by atoms with Gasteiger partial charge < -0.3 is 16.0 Å². The molecule has 3 N–H and O–H groups in total. The van der Waals surface area contributed by atoms with Crippen molar-refractivity contribution >= 4 is 35.6 Å². The first-order valence-electron chi connectivity index (χ1n) is 8.67. The molecular formula is C18H29ClN4O2. The van der Waals surface area contributed by atoms with Gasteiger partial charge in [-0.05, 0) is 62.7 Å². The van der Waals surface area contributed by atoms with Gasteiger partial charge in [-0.15, -0.1) is 12.4 Å². The molecule has 1 aromatic rings. The van der Waals surface area contributed by atoms with Gasteiger partial charge in [-0.2, -0.15) is 0 Å². The molecule has 1 fully saturated rings. The van der Waals surface area contributed by atoms with Crippen LogP contribution in [-0.4, -0.2) is 49.4 Å².